The zero-order valence-corrected chi connectivity index (χ0v) is 21.6. The van der Waals surface area contributed by atoms with E-state index in [1.165, 1.54) is 29.2 Å². The van der Waals surface area contributed by atoms with Crippen molar-refractivity contribution in [2.75, 3.05) is 19.7 Å². The molecule has 1 saturated heterocycles. The molecule has 198 valence electrons. The number of rotatable bonds is 14. The van der Waals surface area contributed by atoms with Crippen LogP contribution in [0.4, 0.5) is 4.39 Å². The van der Waals surface area contributed by atoms with Crippen molar-refractivity contribution in [3.05, 3.63) is 71.0 Å². The topological polar surface area (TPSA) is 116 Å². The number of unbranched alkanes of at least 4 members (excludes halogenated alkanes) is 2. The fourth-order valence-electron chi connectivity index (χ4n) is 3.87. The standard InChI is InChI=1S/C27H31FN2O6S/c1-2-36-27(34)21-9-7-19(8-10-21)18-37(35)26-16-25(33)30(26)17-24(32)29-15-5-3-4-6-23(31)20-11-13-22(28)14-12-20/h7-14,26H,2-6,15-18H2,1H3,(H,29,32). The van der Waals surface area contributed by atoms with Gasteiger partial charge in [0.15, 0.2) is 11.2 Å². The van der Waals surface area contributed by atoms with Crippen LogP contribution in [-0.4, -0.2) is 58.1 Å². The first-order chi connectivity index (χ1) is 17.8. The van der Waals surface area contributed by atoms with Gasteiger partial charge < -0.3 is 14.6 Å². The van der Waals surface area contributed by atoms with Crippen LogP contribution in [0.2, 0.25) is 0 Å². The predicted molar refractivity (Wildman–Crippen MR) is 137 cm³/mol. The fraction of sp³-hybridized carbons (Fsp3) is 0.407. The van der Waals surface area contributed by atoms with Gasteiger partial charge >= 0.3 is 5.97 Å². The highest BCUT2D eigenvalue weighted by molar-refractivity contribution is 7.91. The molecule has 1 heterocycles. The Kier molecular flexibility index (Phi) is 10.6. The molecule has 1 fully saturated rings. The minimum atomic E-state index is -1.39. The molecule has 37 heavy (non-hydrogen) atoms. The second-order valence-corrected chi connectivity index (χ2v) is 10.3. The van der Waals surface area contributed by atoms with E-state index in [0.29, 0.717) is 36.9 Å². The Morgan fingerprint density at radius 1 is 1.05 bits per heavy atom. The van der Waals surface area contributed by atoms with Crippen molar-refractivity contribution in [1.29, 1.82) is 0 Å². The van der Waals surface area contributed by atoms with E-state index in [1.807, 2.05) is 0 Å². The van der Waals surface area contributed by atoms with Crippen molar-refractivity contribution in [3.63, 3.8) is 0 Å². The minimum Gasteiger partial charge on any atom is -0.614 e. The van der Waals surface area contributed by atoms with Gasteiger partial charge in [-0.1, -0.05) is 18.6 Å². The first-order valence-electron chi connectivity index (χ1n) is 12.3. The maximum Gasteiger partial charge on any atom is 0.338 e. The molecule has 1 aliphatic rings. The molecule has 0 bridgehead atoms. The number of ether oxygens (including phenoxy) is 1. The molecule has 0 saturated carbocycles. The van der Waals surface area contributed by atoms with Gasteiger partial charge in [0.25, 0.3) is 0 Å². The van der Waals surface area contributed by atoms with Crippen molar-refractivity contribution < 1.29 is 32.9 Å². The summed E-state index contributed by atoms with van der Waals surface area (Å²) in [5.74, 6) is -1.19. The van der Waals surface area contributed by atoms with E-state index in [-0.39, 0.29) is 48.7 Å². The second kappa shape index (κ2) is 13.9. The van der Waals surface area contributed by atoms with Gasteiger partial charge in [-0.3, -0.25) is 19.3 Å². The van der Waals surface area contributed by atoms with Crippen LogP contribution >= 0.6 is 0 Å². The van der Waals surface area contributed by atoms with E-state index in [4.69, 9.17) is 4.74 Å². The van der Waals surface area contributed by atoms with Crippen LogP contribution in [-0.2, 0) is 31.3 Å². The summed E-state index contributed by atoms with van der Waals surface area (Å²) in [6, 6.07) is 12.1. The number of nitrogens with zero attached hydrogens (tertiary/aromatic N) is 1. The number of nitrogens with one attached hydrogen (secondary N) is 1. The Hall–Kier alpha value is -3.24. The Morgan fingerprint density at radius 2 is 1.73 bits per heavy atom. The number of esters is 1. The van der Waals surface area contributed by atoms with Crippen molar-refractivity contribution in [2.24, 2.45) is 0 Å². The Bertz CT molecular complexity index is 1090. The highest BCUT2D eigenvalue weighted by Gasteiger charge is 2.45. The van der Waals surface area contributed by atoms with Gasteiger partial charge in [-0.05, 0) is 67.3 Å². The lowest BCUT2D eigenvalue weighted by molar-refractivity contribution is -0.145. The van der Waals surface area contributed by atoms with Gasteiger partial charge in [0.1, 0.15) is 18.1 Å². The number of benzene rings is 2. The van der Waals surface area contributed by atoms with Crippen LogP contribution < -0.4 is 5.32 Å². The average molecular weight is 531 g/mol. The Morgan fingerprint density at radius 3 is 2.38 bits per heavy atom. The normalized spacial score (nSPS) is 15.6. The molecule has 10 heteroatoms. The smallest absolute Gasteiger partial charge is 0.338 e. The number of Topliss-reactive ketones (excluding diaryl/α,β-unsaturated/α-hetero) is 1. The van der Waals surface area contributed by atoms with Gasteiger partial charge in [0, 0.05) is 24.1 Å². The maximum absolute atomic E-state index is 12.9. The number of halogens is 1. The molecule has 1 aliphatic heterocycles. The third-order valence-corrected chi connectivity index (χ3v) is 7.62. The molecule has 2 aromatic carbocycles. The first-order valence-corrected chi connectivity index (χ1v) is 13.6. The molecular formula is C27H31FN2O6S. The maximum atomic E-state index is 12.9. The van der Waals surface area contributed by atoms with Crippen molar-refractivity contribution >= 4 is 34.7 Å². The summed E-state index contributed by atoms with van der Waals surface area (Å²) in [6.07, 6.45) is 2.54. The van der Waals surface area contributed by atoms with Crippen LogP contribution in [0.3, 0.4) is 0 Å². The van der Waals surface area contributed by atoms with Gasteiger partial charge in [-0.25, -0.2) is 9.18 Å². The predicted octanol–water partition coefficient (Wildman–Crippen LogP) is 3.37. The lowest BCUT2D eigenvalue weighted by Gasteiger charge is -2.39. The van der Waals surface area contributed by atoms with E-state index in [2.05, 4.69) is 5.32 Å². The minimum absolute atomic E-state index is 0.0469. The summed E-state index contributed by atoms with van der Waals surface area (Å²) in [5.41, 5.74) is 1.65. The van der Waals surface area contributed by atoms with Crippen LogP contribution in [0.1, 0.15) is 65.3 Å². The molecule has 2 atom stereocenters. The Balaban J connectivity index is 1.34. The number of carbonyl (C=O) groups is 4. The number of amides is 2. The largest absolute Gasteiger partial charge is 0.614 e. The van der Waals surface area contributed by atoms with E-state index >= 15 is 0 Å². The molecule has 1 N–H and O–H groups in total. The lowest BCUT2D eigenvalue weighted by Crippen LogP contribution is -2.59. The molecule has 2 amide bonds. The van der Waals surface area contributed by atoms with Crippen molar-refractivity contribution in [2.45, 2.75) is 50.2 Å². The molecule has 0 radical (unpaired) electrons. The molecule has 3 rings (SSSR count). The fourth-order valence-corrected chi connectivity index (χ4v) is 5.39. The van der Waals surface area contributed by atoms with Crippen LogP contribution in [0.25, 0.3) is 0 Å². The van der Waals surface area contributed by atoms with E-state index < -0.39 is 22.5 Å². The lowest BCUT2D eigenvalue weighted by atomic mass is 10.0. The number of β-lactam (4-membered cyclic amide) rings is 1. The SMILES string of the molecule is CCOC(=O)c1ccc(C[S+]([O-])C2CC(=O)N2CC(=O)NCCCCCC(=O)c2ccc(F)cc2)cc1. The quantitative estimate of drug-likeness (QED) is 0.132. The number of hydrogen-bond donors (Lipinski definition) is 1. The van der Waals surface area contributed by atoms with Crippen molar-refractivity contribution in [3.8, 4) is 0 Å². The zero-order chi connectivity index (χ0) is 26.8. The van der Waals surface area contributed by atoms with Crippen LogP contribution in [0.15, 0.2) is 48.5 Å². The molecule has 8 nitrogen and oxygen atoms in total. The Labute approximate surface area is 218 Å². The molecular weight excluding hydrogens is 499 g/mol. The second-order valence-electron chi connectivity index (χ2n) is 8.71. The number of likely N-dealkylation sites (tertiary alicyclic amines) is 1. The molecule has 0 aliphatic carbocycles. The highest BCUT2D eigenvalue weighted by Crippen LogP contribution is 2.27. The number of hydrogen-bond acceptors (Lipinski definition) is 6. The summed E-state index contributed by atoms with van der Waals surface area (Å²) in [5, 5.41) is 2.24. The highest BCUT2D eigenvalue weighted by atomic mass is 32.2. The number of ketones is 1. The van der Waals surface area contributed by atoms with Crippen LogP contribution in [0, 0.1) is 5.82 Å². The van der Waals surface area contributed by atoms with E-state index in [0.717, 1.165) is 12.0 Å². The molecule has 0 spiro atoms. The van der Waals surface area contributed by atoms with Crippen LogP contribution in [0.5, 0.6) is 0 Å². The van der Waals surface area contributed by atoms with Gasteiger partial charge in [0.2, 0.25) is 11.8 Å². The molecule has 0 aromatic heterocycles. The monoisotopic (exact) mass is 530 g/mol. The van der Waals surface area contributed by atoms with Crippen molar-refractivity contribution in [1.82, 2.24) is 10.2 Å². The van der Waals surface area contributed by atoms with Gasteiger partial charge in [0.05, 0.1) is 18.6 Å². The third kappa shape index (κ3) is 8.40. The average Bonchev–Trinajstić information content (AvgIpc) is 2.88. The number of carbonyl (C=O) groups excluding carboxylic acids is 4. The van der Waals surface area contributed by atoms with Gasteiger partial charge in [-0.15, -0.1) is 0 Å². The summed E-state index contributed by atoms with van der Waals surface area (Å²) in [6.45, 7) is 2.26. The molecule has 2 aromatic rings. The third-order valence-electron chi connectivity index (χ3n) is 5.98. The van der Waals surface area contributed by atoms with E-state index in [1.54, 1.807) is 31.2 Å². The summed E-state index contributed by atoms with van der Waals surface area (Å²) in [7, 11) is 0. The summed E-state index contributed by atoms with van der Waals surface area (Å²) < 4.78 is 30.7. The summed E-state index contributed by atoms with van der Waals surface area (Å²) in [4.78, 5) is 49.5. The first kappa shape index (κ1) is 28.3. The van der Waals surface area contributed by atoms with Gasteiger partial charge in [-0.2, -0.15) is 0 Å². The zero-order valence-electron chi connectivity index (χ0n) is 20.7. The summed E-state index contributed by atoms with van der Waals surface area (Å²) >= 11 is -1.39. The molecule has 2 unspecified atom stereocenters. The van der Waals surface area contributed by atoms with E-state index in [9.17, 15) is 28.1 Å².